The molecule has 0 aromatic rings. The summed E-state index contributed by atoms with van der Waals surface area (Å²) in [6.45, 7) is 15.1. The molecule has 0 N–H and O–H groups in total. The van der Waals surface area contributed by atoms with Gasteiger partial charge in [-0.05, 0) is 88.3 Å². The van der Waals surface area contributed by atoms with Crippen LogP contribution in [0.1, 0.15) is 59.8 Å². The van der Waals surface area contributed by atoms with Crippen LogP contribution in [0, 0.1) is 29.1 Å². The molecule has 2 heteroatoms. The molecule has 128 valence electrons. The Morgan fingerprint density at radius 2 is 1.59 bits per heavy atom. The Morgan fingerprint density at radius 1 is 1.00 bits per heavy atom. The van der Waals surface area contributed by atoms with Crippen LogP contribution in [-0.2, 0) is 0 Å². The minimum absolute atomic E-state index is 0.750. The molecule has 0 aromatic heterocycles. The summed E-state index contributed by atoms with van der Waals surface area (Å²) >= 11 is 0. The fourth-order valence-corrected chi connectivity index (χ4v) is 5.43. The Kier molecular flexibility index (Phi) is 4.90. The summed E-state index contributed by atoms with van der Waals surface area (Å²) in [5, 5.41) is 0. The van der Waals surface area contributed by atoms with Crippen molar-refractivity contribution in [2.45, 2.75) is 65.8 Å². The predicted molar refractivity (Wildman–Crippen MR) is 95.0 cm³/mol. The smallest absolute Gasteiger partial charge is 0.00904 e. The molecular weight excluding hydrogens is 268 g/mol. The highest BCUT2D eigenvalue weighted by molar-refractivity contribution is 5.05. The van der Waals surface area contributed by atoms with Crippen LogP contribution in [0.2, 0.25) is 0 Å². The van der Waals surface area contributed by atoms with E-state index in [9.17, 15) is 0 Å². The highest BCUT2D eigenvalue weighted by Gasteiger charge is 2.53. The number of piperidine rings is 1. The molecule has 0 radical (unpaired) electrons. The van der Waals surface area contributed by atoms with Crippen molar-refractivity contribution in [2.75, 3.05) is 33.2 Å². The first-order valence-electron chi connectivity index (χ1n) is 9.81. The van der Waals surface area contributed by atoms with E-state index >= 15 is 0 Å². The SMILES string of the molecule is CC(C)C(C)N1CC2(CC(CC(C)C3CCN(C)CC3)C2)C1. The Bertz CT molecular complexity index is 356. The molecule has 3 aliphatic rings. The number of rotatable bonds is 5. The van der Waals surface area contributed by atoms with Gasteiger partial charge in [-0.15, -0.1) is 0 Å². The zero-order valence-corrected chi connectivity index (χ0v) is 15.6. The minimum Gasteiger partial charge on any atom is -0.306 e. The molecule has 1 aliphatic carbocycles. The van der Waals surface area contributed by atoms with Crippen molar-refractivity contribution < 1.29 is 0 Å². The maximum Gasteiger partial charge on any atom is 0.00904 e. The third-order valence-corrected chi connectivity index (χ3v) is 7.33. The van der Waals surface area contributed by atoms with E-state index in [1.165, 1.54) is 58.3 Å². The van der Waals surface area contributed by atoms with E-state index in [1.54, 1.807) is 0 Å². The lowest BCUT2D eigenvalue weighted by atomic mass is 9.55. The summed E-state index contributed by atoms with van der Waals surface area (Å²) in [5.74, 6) is 3.82. The molecule has 0 amide bonds. The quantitative estimate of drug-likeness (QED) is 0.754. The lowest BCUT2D eigenvalue weighted by Crippen LogP contribution is -2.65. The molecule has 2 nitrogen and oxygen atoms in total. The highest BCUT2D eigenvalue weighted by Crippen LogP contribution is 2.55. The van der Waals surface area contributed by atoms with E-state index in [-0.39, 0.29) is 0 Å². The van der Waals surface area contributed by atoms with Gasteiger partial charge in [0, 0.05) is 19.1 Å². The number of hydrogen-bond donors (Lipinski definition) is 0. The summed E-state index contributed by atoms with van der Waals surface area (Å²) in [6.07, 6.45) is 7.46. The summed E-state index contributed by atoms with van der Waals surface area (Å²) in [6, 6.07) is 0.780. The van der Waals surface area contributed by atoms with Gasteiger partial charge in [0.05, 0.1) is 0 Å². The topological polar surface area (TPSA) is 6.48 Å². The molecule has 2 heterocycles. The molecule has 3 fully saturated rings. The summed E-state index contributed by atoms with van der Waals surface area (Å²) in [5.41, 5.74) is 0.750. The van der Waals surface area contributed by atoms with Crippen LogP contribution >= 0.6 is 0 Å². The van der Waals surface area contributed by atoms with E-state index < -0.39 is 0 Å². The van der Waals surface area contributed by atoms with Crippen molar-refractivity contribution in [3.8, 4) is 0 Å². The van der Waals surface area contributed by atoms with Gasteiger partial charge in [-0.25, -0.2) is 0 Å². The Balaban J connectivity index is 1.36. The summed E-state index contributed by atoms with van der Waals surface area (Å²) in [7, 11) is 2.27. The number of nitrogens with zero attached hydrogens (tertiary/aromatic N) is 2. The van der Waals surface area contributed by atoms with E-state index in [4.69, 9.17) is 0 Å². The summed E-state index contributed by atoms with van der Waals surface area (Å²) < 4.78 is 0. The van der Waals surface area contributed by atoms with Crippen LogP contribution in [-0.4, -0.2) is 49.1 Å². The van der Waals surface area contributed by atoms with Gasteiger partial charge in [0.15, 0.2) is 0 Å². The van der Waals surface area contributed by atoms with Crippen LogP contribution in [0.15, 0.2) is 0 Å². The predicted octanol–water partition coefficient (Wildman–Crippen LogP) is 4.11. The van der Waals surface area contributed by atoms with Crippen molar-refractivity contribution in [1.82, 2.24) is 9.80 Å². The summed E-state index contributed by atoms with van der Waals surface area (Å²) in [4.78, 5) is 5.22. The standard InChI is InChI=1S/C20H38N2/c1-15(2)17(4)22-13-20(14-22)11-18(12-20)10-16(3)19-6-8-21(5)9-7-19/h15-19H,6-14H2,1-5H3. The molecule has 2 aliphatic heterocycles. The molecule has 1 saturated carbocycles. The fourth-order valence-electron chi connectivity index (χ4n) is 5.43. The fraction of sp³-hybridized carbons (Fsp3) is 1.00. The highest BCUT2D eigenvalue weighted by atomic mass is 15.2. The van der Waals surface area contributed by atoms with Crippen LogP contribution in [0.3, 0.4) is 0 Å². The van der Waals surface area contributed by atoms with Crippen molar-refractivity contribution in [3.63, 3.8) is 0 Å². The molecule has 2 unspecified atom stereocenters. The lowest BCUT2D eigenvalue weighted by Gasteiger charge is -2.62. The van der Waals surface area contributed by atoms with Crippen LogP contribution in [0.25, 0.3) is 0 Å². The Morgan fingerprint density at radius 3 is 2.14 bits per heavy atom. The van der Waals surface area contributed by atoms with E-state index in [1.807, 2.05) is 0 Å². The second kappa shape index (κ2) is 6.43. The van der Waals surface area contributed by atoms with Crippen LogP contribution in [0.5, 0.6) is 0 Å². The monoisotopic (exact) mass is 306 g/mol. The second-order valence-electron chi connectivity index (χ2n) is 9.52. The molecule has 1 spiro atoms. The van der Waals surface area contributed by atoms with E-state index in [0.717, 1.165) is 35.1 Å². The Hall–Kier alpha value is -0.0800. The van der Waals surface area contributed by atoms with Crippen molar-refractivity contribution in [2.24, 2.45) is 29.1 Å². The molecule has 22 heavy (non-hydrogen) atoms. The molecular formula is C20H38N2. The first-order valence-corrected chi connectivity index (χ1v) is 9.81. The number of likely N-dealkylation sites (tertiary alicyclic amines) is 2. The average molecular weight is 307 g/mol. The zero-order valence-electron chi connectivity index (χ0n) is 15.6. The zero-order chi connectivity index (χ0) is 15.9. The van der Waals surface area contributed by atoms with Gasteiger partial charge in [-0.1, -0.05) is 20.8 Å². The van der Waals surface area contributed by atoms with Gasteiger partial charge in [0.1, 0.15) is 0 Å². The van der Waals surface area contributed by atoms with Crippen LogP contribution < -0.4 is 0 Å². The third kappa shape index (κ3) is 3.38. The van der Waals surface area contributed by atoms with Gasteiger partial charge < -0.3 is 4.90 Å². The van der Waals surface area contributed by atoms with Crippen molar-refractivity contribution in [1.29, 1.82) is 0 Å². The van der Waals surface area contributed by atoms with Gasteiger partial charge in [0.25, 0.3) is 0 Å². The average Bonchev–Trinajstić information content (AvgIpc) is 2.39. The lowest BCUT2D eigenvalue weighted by molar-refractivity contribution is -0.122. The van der Waals surface area contributed by atoms with E-state index in [0.29, 0.717) is 0 Å². The largest absolute Gasteiger partial charge is 0.306 e. The molecule has 3 rings (SSSR count). The first kappa shape index (κ1) is 16.8. The molecule has 2 saturated heterocycles. The maximum atomic E-state index is 2.72. The normalized spacial score (nSPS) is 30.3. The maximum absolute atomic E-state index is 2.72. The van der Waals surface area contributed by atoms with E-state index in [2.05, 4.69) is 44.5 Å². The van der Waals surface area contributed by atoms with Crippen molar-refractivity contribution >= 4 is 0 Å². The molecule has 2 atom stereocenters. The second-order valence-corrected chi connectivity index (χ2v) is 9.52. The molecule has 0 aromatic carbocycles. The number of hydrogen-bond acceptors (Lipinski definition) is 2. The van der Waals surface area contributed by atoms with Gasteiger partial charge >= 0.3 is 0 Å². The van der Waals surface area contributed by atoms with Gasteiger partial charge in [-0.2, -0.15) is 0 Å². The third-order valence-electron chi connectivity index (χ3n) is 7.33. The molecule has 0 bridgehead atoms. The minimum atomic E-state index is 0.750. The van der Waals surface area contributed by atoms with Crippen molar-refractivity contribution in [3.05, 3.63) is 0 Å². The first-order chi connectivity index (χ1) is 10.4. The van der Waals surface area contributed by atoms with Crippen LogP contribution in [0.4, 0.5) is 0 Å². The van der Waals surface area contributed by atoms with Gasteiger partial charge in [0.2, 0.25) is 0 Å². The Labute approximate surface area is 138 Å². The van der Waals surface area contributed by atoms with Gasteiger partial charge in [-0.3, -0.25) is 4.90 Å².